The van der Waals surface area contributed by atoms with E-state index in [4.69, 9.17) is 11.6 Å². The molecule has 1 amide bonds. The summed E-state index contributed by atoms with van der Waals surface area (Å²) in [6, 6.07) is 1.92. The van der Waals surface area contributed by atoms with Crippen molar-refractivity contribution in [2.24, 2.45) is 11.8 Å². The van der Waals surface area contributed by atoms with Crippen molar-refractivity contribution in [3.05, 3.63) is 22.8 Å². The molecule has 1 heterocycles. The Hall–Kier alpha value is -1.29. The average molecular weight is 310 g/mol. The van der Waals surface area contributed by atoms with E-state index in [0.717, 1.165) is 13.0 Å². The molecule has 3 atom stereocenters. The summed E-state index contributed by atoms with van der Waals surface area (Å²) in [5.41, 5.74) is 0.520. The highest BCUT2D eigenvalue weighted by atomic mass is 35.5. The zero-order chi connectivity index (χ0) is 15.4. The lowest BCUT2D eigenvalue weighted by molar-refractivity contribution is 0.0890. The SMILES string of the molecule is CCNc1ncc(C(=O)NC2CCCC(C)C2C)cc1Cl. The van der Waals surface area contributed by atoms with Crippen LogP contribution >= 0.6 is 11.6 Å². The quantitative estimate of drug-likeness (QED) is 0.891. The maximum Gasteiger partial charge on any atom is 0.253 e. The predicted octanol–water partition coefficient (Wildman–Crippen LogP) is 3.72. The van der Waals surface area contributed by atoms with E-state index in [-0.39, 0.29) is 11.9 Å². The lowest BCUT2D eigenvalue weighted by atomic mass is 9.78. The Bertz CT molecular complexity index is 506. The standard InChI is InChI=1S/C16H24ClN3O/c1-4-18-15-13(17)8-12(9-19-15)16(21)20-14-7-5-6-10(2)11(14)3/h8-11,14H,4-7H2,1-3H3,(H,18,19)(H,20,21). The highest BCUT2D eigenvalue weighted by molar-refractivity contribution is 6.33. The molecule has 4 nitrogen and oxygen atoms in total. The van der Waals surface area contributed by atoms with Gasteiger partial charge in [-0.25, -0.2) is 4.98 Å². The number of carbonyl (C=O) groups is 1. The van der Waals surface area contributed by atoms with Crippen molar-refractivity contribution in [3.8, 4) is 0 Å². The third-order valence-corrected chi connectivity index (χ3v) is 4.76. The van der Waals surface area contributed by atoms with Crippen molar-refractivity contribution >= 4 is 23.3 Å². The van der Waals surface area contributed by atoms with Crippen molar-refractivity contribution in [2.45, 2.75) is 46.1 Å². The van der Waals surface area contributed by atoms with Gasteiger partial charge in [0.15, 0.2) is 0 Å². The predicted molar refractivity (Wildman–Crippen MR) is 86.8 cm³/mol. The van der Waals surface area contributed by atoms with Gasteiger partial charge in [-0.1, -0.05) is 38.3 Å². The van der Waals surface area contributed by atoms with Gasteiger partial charge < -0.3 is 10.6 Å². The maximum atomic E-state index is 12.4. The van der Waals surface area contributed by atoms with Gasteiger partial charge in [0, 0.05) is 18.8 Å². The smallest absolute Gasteiger partial charge is 0.253 e. The van der Waals surface area contributed by atoms with E-state index in [1.54, 1.807) is 12.3 Å². The molecule has 1 aromatic heterocycles. The number of aromatic nitrogens is 1. The molecule has 5 heteroatoms. The number of carbonyl (C=O) groups excluding carboxylic acids is 1. The van der Waals surface area contributed by atoms with Crippen LogP contribution in [0.4, 0.5) is 5.82 Å². The van der Waals surface area contributed by atoms with Gasteiger partial charge in [-0.15, -0.1) is 0 Å². The highest BCUT2D eigenvalue weighted by Gasteiger charge is 2.28. The Kier molecular flexibility index (Phi) is 5.45. The molecule has 3 unspecified atom stereocenters. The fourth-order valence-electron chi connectivity index (χ4n) is 2.90. The Balaban J connectivity index is 2.04. The molecular formula is C16H24ClN3O. The van der Waals surface area contributed by atoms with Crippen LogP contribution < -0.4 is 10.6 Å². The fourth-order valence-corrected chi connectivity index (χ4v) is 3.13. The summed E-state index contributed by atoms with van der Waals surface area (Å²) in [5.74, 6) is 1.70. The molecule has 1 fully saturated rings. The van der Waals surface area contributed by atoms with E-state index in [0.29, 0.717) is 28.2 Å². The van der Waals surface area contributed by atoms with Gasteiger partial charge >= 0.3 is 0 Å². The van der Waals surface area contributed by atoms with Gasteiger partial charge in [-0.05, 0) is 31.2 Å². The van der Waals surface area contributed by atoms with Crippen molar-refractivity contribution < 1.29 is 4.79 Å². The number of hydrogen-bond acceptors (Lipinski definition) is 3. The number of nitrogens with one attached hydrogen (secondary N) is 2. The molecule has 1 aliphatic carbocycles. The van der Waals surface area contributed by atoms with Crippen LogP contribution in [0.1, 0.15) is 50.4 Å². The van der Waals surface area contributed by atoms with E-state index in [9.17, 15) is 4.79 Å². The number of anilines is 1. The van der Waals surface area contributed by atoms with Gasteiger partial charge in [0.05, 0.1) is 10.6 Å². The normalized spacial score (nSPS) is 25.4. The van der Waals surface area contributed by atoms with Crippen molar-refractivity contribution in [2.75, 3.05) is 11.9 Å². The third kappa shape index (κ3) is 3.88. The Morgan fingerprint density at radius 2 is 2.19 bits per heavy atom. The first-order valence-corrected chi connectivity index (χ1v) is 8.11. The first-order chi connectivity index (χ1) is 10.0. The zero-order valence-electron chi connectivity index (χ0n) is 12.9. The number of nitrogens with zero attached hydrogens (tertiary/aromatic N) is 1. The summed E-state index contributed by atoms with van der Waals surface area (Å²) in [4.78, 5) is 16.6. The molecule has 2 N–H and O–H groups in total. The second-order valence-electron chi connectivity index (χ2n) is 5.93. The van der Waals surface area contributed by atoms with Crippen molar-refractivity contribution in [1.82, 2.24) is 10.3 Å². The van der Waals surface area contributed by atoms with Crippen LogP contribution in [0.3, 0.4) is 0 Å². The van der Waals surface area contributed by atoms with Gasteiger partial charge in [0.25, 0.3) is 5.91 Å². The molecule has 116 valence electrons. The maximum absolute atomic E-state index is 12.4. The molecule has 1 saturated carbocycles. The van der Waals surface area contributed by atoms with Crippen LogP contribution in [-0.4, -0.2) is 23.5 Å². The zero-order valence-corrected chi connectivity index (χ0v) is 13.7. The monoisotopic (exact) mass is 309 g/mol. The molecule has 0 bridgehead atoms. The second-order valence-corrected chi connectivity index (χ2v) is 6.34. The van der Waals surface area contributed by atoms with Gasteiger partial charge in [0.1, 0.15) is 5.82 Å². The average Bonchev–Trinajstić information content (AvgIpc) is 2.46. The molecular weight excluding hydrogens is 286 g/mol. The molecule has 0 spiro atoms. The summed E-state index contributed by atoms with van der Waals surface area (Å²) in [6.07, 6.45) is 5.05. The Morgan fingerprint density at radius 3 is 2.86 bits per heavy atom. The molecule has 21 heavy (non-hydrogen) atoms. The lowest BCUT2D eigenvalue weighted by Crippen LogP contribution is -2.43. The topological polar surface area (TPSA) is 54.0 Å². The van der Waals surface area contributed by atoms with Crippen LogP contribution in [0, 0.1) is 11.8 Å². The summed E-state index contributed by atoms with van der Waals surface area (Å²) in [6.45, 7) is 7.20. The van der Waals surface area contributed by atoms with E-state index in [2.05, 4.69) is 29.5 Å². The van der Waals surface area contributed by atoms with Crippen LogP contribution in [0.5, 0.6) is 0 Å². The molecule has 2 rings (SSSR count). The molecule has 0 saturated heterocycles. The van der Waals surface area contributed by atoms with Gasteiger partial charge in [0.2, 0.25) is 0 Å². The summed E-state index contributed by atoms with van der Waals surface area (Å²) >= 11 is 6.14. The minimum absolute atomic E-state index is 0.0848. The summed E-state index contributed by atoms with van der Waals surface area (Å²) in [5, 5.41) is 6.68. The molecule has 0 aliphatic heterocycles. The van der Waals surface area contributed by atoms with E-state index in [1.165, 1.54) is 12.8 Å². The minimum Gasteiger partial charge on any atom is -0.369 e. The fraction of sp³-hybridized carbons (Fsp3) is 0.625. The number of rotatable bonds is 4. The van der Waals surface area contributed by atoms with E-state index >= 15 is 0 Å². The lowest BCUT2D eigenvalue weighted by Gasteiger charge is -2.34. The summed E-state index contributed by atoms with van der Waals surface area (Å²) in [7, 11) is 0. The van der Waals surface area contributed by atoms with Crippen molar-refractivity contribution in [1.29, 1.82) is 0 Å². The van der Waals surface area contributed by atoms with Crippen LogP contribution in [0.25, 0.3) is 0 Å². The largest absolute Gasteiger partial charge is 0.369 e. The molecule has 0 aromatic carbocycles. The minimum atomic E-state index is -0.0848. The molecule has 0 radical (unpaired) electrons. The first kappa shape index (κ1) is 16.1. The number of hydrogen-bond donors (Lipinski definition) is 2. The Morgan fingerprint density at radius 1 is 1.43 bits per heavy atom. The van der Waals surface area contributed by atoms with Crippen LogP contribution in [0.2, 0.25) is 5.02 Å². The Labute approximate surface area is 131 Å². The third-order valence-electron chi connectivity index (χ3n) is 4.47. The van der Waals surface area contributed by atoms with Crippen LogP contribution in [0.15, 0.2) is 12.3 Å². The van der Waals surface area contributed by atoms with Crippen LogP contribution in [-0.2, 0) is 0 Å². The van der Waals surface area contributed by atoms with Gasteiger partial charge in [-0.2, -0.15) is 0 Å². The number of halogens is 1. The highest BCUT2D eigenvalue weighted by Crippen LogP contribution is 2.29. The second kappa shape index (κ2) is 7.12. The summed E-state index contributed by atoms with van der Waals surface area (Å²) < 4.78 is 0. The first-order valence-electron chi connectivity index (χ1n) is 7.73. The number of amides is 1. The number of pyridine rings is 1. The molecule has 1 aliphatic rings. The van der Waals surface area contributed by atoms with E-state index in [1.807, 2.05) is 6.92 Å². The van der Waals surface area contributed by atoms with Gasteiger partial charge in [-0.3, -0.25) is 4.79 Å². The van der Waals surface area contributed by atoms with E-state index < -0.39 is 0 Å². The van der Waals surface area contributed by atoms with Crippen molar-refractivity contribution in [3.63, 3.8) is 0 Å². The molecule has 1 aromatic rings.